The van der Waals surface area contributed by atoms with Crippen LogP contribution in [0.1, 0.15) is 6.92 Å². The van der Waals surface area contributed by atoms with Gasteiger partial charge in [0.1, 0.15) is 5.82 Å². The van der Waals surface area contributed by atoms with Crippen molar-refractivity contribution in [3.8, 4) is 0 Å². The van der Waals surface area contributed by atoms with E-state index in [1.54, 1.807) is 0 Å². The fourth-order valence-corrected chi connectivity index (χ4v) is 1.96. The highest BCUT2D eigenvalue weighted by atomic mass is 32.2. The van der Waals surface area contributed by atoms with E-state index in [4.69, 9.17) is 0 Å². The number of carbonyl (C=O) groups is 1. The summed E-state index contributed by atoms with van der Waals surface area (Å²) in [4.78, 5) is 10.5. The summed E-state index contributed by atoms with van der Waals surface area (Å²) in [6.07, 6.45) is 0.951. The maximum absolute atomic E-state index is 13.3. The molecule has 0 atom stereocenters. The molecule has 0 saturated carbocycles. The summed E-state index contributed by atoms with van der Waals surface area (Å²) < 4.78 is 35.8. The van der Waals surface area contributed by atoms with E-state index in [0.29, 0.717) is 0 Å². The van der Waals surface area contributed by atoms with E-state index in [1.807, 2.05) is 0 Å². The monoisotopic (exact) mass is 231 g/mol. The van der Waals surface area contributed by atoms with Gasteiger partial charge in [-0.1, -0.05) is 6.07 Å². The van der Waals surface area contributed by atoms with Crippen LogP contribution in [0.15, 0.2) is 23.1 Å². The van der Waals surface area contributed by atoms with Crippen LogP contribution in [0.5, 0.6) is 0 Å². The van der Waals surface area contributed by atoms with Crippen molar-refractivity contribution < 1.29 is 17.6 Å². The van der Waals surface area contributed by atoms with Crippen molar-refractivity contribution in [1.29, 1.82) is 0 Å². The molecular weight excluding hydrogens is 221 g/mol. The van der Waals surface area contributed by atoms with Crippen molar-refractivity contribution in [3.63, 3.8) is 0 Å². The van der Waals surface area contributed by atoms with E-state index >= 15 is 0 Å². The molecule has 0 unspecified atom stereocenters. The minimum atomic E-state index is -3.56. The summed E-state index contributed by atoms with van der Waals surface area (Å²) in [5.41, 5.74) is -0.299. The normalized spacial score (nSPS) is 11.1. The van der Waals surface area contributed by atoms with Crippen LogP contribution >= 0.6 is 0 Å². The molecule has 0 aromatic heterocycles. The van der Waals surface area contributed by atoms with Gasteiger partial charge in [-0.25, -0.2) is 12.8 Å². The zero-order valence-corrected chi connectivity index (χ0v) is 9.06. The second kappa shape index (κ2) is 3.98. The molecule has 1 N–H and O–H groups in total. The number of nitrogens with one attached hydrogen (secondary N) is 1. The summed E-state index contributed by atoms with van der Waals surface area (Å²) in [5.74, 6) is -1.29. The first kappa shape index (κ1) is 11.6. The third-order valence-corrected chi connectivity index (χ3v) is 2.82. The van der Waals surface area contributed by atoms with Gasteiger partial charge in [0.25, 0.3) is 0 Å². The molecule has 0 bridgehead atoms. The molecule has 1 rings (SSSR count). The highest BCUT2D eigenvalue weighted by Gasteiger charge is 2.17. The van der Waals surface area contributed by atoms with Gasteiger partial charge < -0.3 is 5.32 Å². The predicted octanol–water partition coefficient (Wildman–Crippen LogP) is 1.19. The van der Waals surface area contributed by atoms with E-state index in [9.17, 15) is 17.6 Å². The lowest BCUT2D eigenvalue weighted by molar-refractivity contribution is -0.114. The van der Waals surface area contributed by atoms with E-state index < -0.39 is 21.6 Å². The van der Waals surface area contributed by atoms with Gasteiger partial charge in [-0.15, -0.1) is 0 Å². The molecule has 1 amide bonds. The van der Waals surface area contributed by atoms with Gasteiger partial charge in [0.2, 0.25) is 5.91 Å². The summed E-state index contributed by atoms with van der Waals surface area (Å²) in [5, 5.41) is 2.16. The zero-order chi connectivity index (χ0) is 11.6. The van der Waals surface area contributed by atoms with Gasteiger partial charge in [0.15, 0.2) is 9.84 Å². The molecule has 0 aliphatic heterocycles. The Morgan fingerprint density at radius 1 is 1.40 bits per heavy atom. The van der Waals surface area contributed by atoms with Gasteiger partial charge in [0.05, 0.1) is 10.6 Å². The van der Waals surface area contributed by atoms with Crippen molar-refractivity contribution in [2.75, 3.05) is 11.6 Å². The molecule has 1 aromatic rings. The molecule has 82 valence electrons. The number of para-hydroxylation sites is 1. The average molecular weight is 231 g/mol. The highest BCUT2D eigenvalue weighted by molar-refractivity contribution is 7.90. The SMILES string of the molecule is CC(=O)Nc1c(F)cccc1S(C)(=O)=O. The first-order chi connectivity index (χ1) is 6.82. The smallest absolute Gasteiger partial charge is 0.221 e. The summed E-state index contributed by atoms with van der Waals surface area (Å²) in [7, 11) is -3.56. The van der Waals surface area contributed by atoms with E-state index in [2.05, 4.69) is 5.32 Å². The quantitative estimate of drug-likeness (QED) is 0.831. The summed E-state index contributed by atoms with van der Waals surface area (Å²) >= 11 is 0. The van der Waals surface area contributed by atoms with Crippen molar-refractivity contribution in [2.45, 2.75) is 11.8 Å². The predicted molar refractivity (Wildman–Crippen MR) is 53.8 cm³/mol. The Morgan fingerprint density at radius 2 is 2.00 bits per heavy atom. The van der Waals surface area contributed by atoms with Crippen molar-refractivity contribution in [2.24, 2.45) is 0 Å². The molecule has 0 saturated heterocycles. The van der Waals surface area contributed by atoms with Gasteiger partial charge >= 0.3 is 0 Å². The molecule has 0 spiro atoms. The van der Waals surface area contributed by atoms with Crippen LogP contribution in [0.3, 0.4) is 0 Å². The lowest BCUT2D eigenvalue weighted by Crippen LogP contribution is -2.12. The van der Waals surface area contributed by atoms with Gasteiger partial charge in [-0.2, -0.15) is 0 Å². The summed E-state index contributed by atoms with van der Waals surface area (Å²) in [6, 6.07) is 3.60. The van der Waals surface area contributed by atoms with Crippen LogP contribution in [0, 0.1) is 5.82 Å². The third-order valence-electron chi connectivity index (χ3n) is 1.68. The fourth-order valence-electron chi connectivity index (χ4n) is 1.11. The molecular formula is C9H10FNO3S. The van der Waals surface area contributed by atoms with Gasteiger partial charge in [-0.3, -0.25) is 4.79 Å². The number of anilines is 1. The lowest BCUT2D eigenvalue weighted by atomic mass is 10.3. The molecule has 6 heteroatoms. The maximum Gasteiger partial charge on any atom is 0.221 e. The molecule has 4 nitrogen and oxygen atoms in total. The Hall–Kier alpha value is -1.43. The van der Waals surface area contributed by atoms with E-state index in [1.165, 1.54) is 19.1 Å². The zero-order valence-electron chi connectivity index (χ0n) is 8.24. The Bertz CT molecular complexity index is 496. The van der Waals surface area contributed by atoms with Crippen molar-refractivity contribution in [1.82, 2.24) is 0 Å². The molecule has 0 fully saturated rings. The molecule has 0 aliphatic carbocycles. The standard InChI is InChI=1S/C9H10FNO3S/c1-6(12)11-9-7(10)4-3-5-8(9)15(2,13)14/h3-5H,1-2H3,(H,11,12). The highest BCUT2D eigenvalue weighted by Crippen LogP contribution is 2.24. The third kappa shape index (κ3) is 2.76. The van der Waals surface area contributed by atoms with Gasteiger partial charge in [-0.05, 0) is 12.1 Å². The average Bonchev–Trinajstić information content (AvgIpc) is 2.05. The van der Waals surface area contributed by atoms with Crippen LogP contribution < -0.4 is 5.32 Å². The second-order valence-electron chi connectivity index (χ2n) is 3.07. The molecule has 15 heavy (non-hydrogen) atoms. The number of benzene rings is 1. The molecule has 1 aromatic carbocycles. The fraction of sp³-hybridized carbons (Fsp3) is 0.222. The minimum absolute atomic E-state index is 0.224. The largest absolute Gasteiger partial charge is 0.323 e. The molecule has 0 radical (unpaired) electrons. The number of carbonyl (C=O) groups excluding carboxylic acids is 1. The van der Waals surface area contributed by atoms with Crippen LogP contribution in [-0.2, 0) is 14.6 Å². The second-order valence-corrected chi connectivity index (χ2v) is 5.05. The van der Waals surface area contributed by atoms with Crippen LogP contribution in [0.2, 0.25) is 0 Å². The number of hydrogen-bond acceptors (Lipinski definition) is 3. The first-order valence-electron chi connectivity index (χ1n) is 4.08. The van der Waals surface area contributed by atoms with Crippen molar-refractivity contribution >= 4 is 21.4 Å². The Morgan fingerprint density at radius 3 is 2.47 bits per heavy atom. The van der Waals surface area contributed by atoms with Crippen LogP contribution in [0.4, 0.5) is 10.1 Å². The number of sulfone groups is 1. The van der Waals surface area contributed by atoms with Gasteiger partial charge in [0, 0.05) is 13.2 Å². The van der Waals surface area contributed by atoms with Crippen molar-refractivity contribution in [3.05, 3.63) is 24.0 Å². The summed E-state index contributed by atoms with van der Waals surface area (Å²) in [6.45, 7) is 1.18. The first-order valence-corrected chi connectivity index (χ1v) is 5.97. The minimum Gasteiger partial charge on any atom is -0.323 e. The Balaban J connectivity index is 3.40. The number of halogens is 1. The molecule has 0 heterocycles. The lowest BCUT2D eigenvalue weighted by Gasteiger charge is -2.08. The number of hydrogen-bond donors (Lipinski definition) is 1. The number of amides is 1. The maximum atomic E-state index is 13.3. The number of rotatable bonds is 2. The van der Waals surface area contributed by atoms with E-state index in [-0.39, 0.29) is 10.6 Å². The van der Waals surface area contributed by atoms with Crippen LogP contribution in [0.25, 0.3) is 0 Å². The molecule has 0 aliphatic rings. The van der Waals surface area contributed by atoms with Crippen LogP contribution in [-0.4, -0.2) is 20.6 Å². The Kier molecular flexibility index (Phi) is 3.09. The topological polar surface area (TPSA) is 63.2 Å². The Labute approximate surface area is 87.0 Å². The van der Waals surface area contributed by atoms with E-state index in [0.717, 1.165) is 12.3 Å².